The smallest absolute Gasteiger partial charge is 0.265 e. The van der Waals surface area contributed by atoms with Gasteiger partial charge < -0.3 is 10.1 Å². The molecular formula is C22H19N3O3S. The molecule has 4 aromatic rings. The molecule has 6 nitrogen and oxygen atoms in total. The Bertz CT molecular complexity index is 1250. The van der Waals surface area contributed by atoms with Crippen molar-refractivity contribution in [3.05, 3.63) is 92.2 Å². The van der Waals surface area contributed by atoms with E-state index in [9.17, 15) is 9.59 Å². The molecule has 3 heterocycles. The first kappa shape index (κ1) is 18.9. The Balaban J connectivity index is 1.54. The minimum Gasteiger partial charge on any atom is -0.487 e. The van der Waals surface area contributed by atoms with Gasteiger partial charge in [-0.25, -0.2) is 4.98 Å². The summed E-state index contributed by atoms with van der Waals surface area (Å²) in [4.78, 5) is 29.8. The number of amides is 1. The van der Waals surface area contributed by atoms with Gasteiger partial charge in [0.05, 0.1) is 10.6 Å². The lowest BCUT2D eigenvalue weighted by Crippen LogP contribution is -2.17. The molecule has 0 aliphatic heterocycles. The SMILES string of the molecule is Cc1ccc(NC(=O)c2cccs2)cc1OCc1cc(=O)n2cccc(C)c2n1. The Kier molecular flexibility index (Phi) is 5.14. The first-order valence-corrected chi connectivity index (χ1v) is 9.95. The van der Waals surface area contributed by atoms with Crippen LogP contribution in [-0.4, -0.2) is 15.3 Å². The highest BCUT2D eigenvalue weighted by molar-refractivity contribution is 7.12. The summed E-state index contributed by atoms with van der Waals surface area (Å²) in [6.45, 7) is 3.99. The van der Waals surface area contributed by atoms with E-state index in [2.05, 4.69) is 10.3 Å². The maximum Gasteiger partial charge on any atom is 0.265 e. The maximum absolute atomic E-state index is 12.3. The van der Waals surface area contributed by atoms with E-state index in [0.717, 1.165) is 11.1 Å². The minimum atomic E-state index is -0.158. The molecule has 0 unspecified atom stereocenters. The van der Waals surface area contributed by atoms with Gasteiger partial charge in [0.1, 0.15) is 18.0 Å². The molecule has 0 atom stereocenters. The number of pyridine rings is 1. The average molecular weight is 405 g/mol. The van der Waals surface area contributed by atoms with Crippen LogP contribution < -0.4 is 15.6 Å². The zero-order valence-corrected chi connectivity index (χ0v) is 16.8. The summed E-state index contributed by atoms with van der Waals surface area (Å²) in [5.74, 6) is 0.468. The molecule has 0 aliphatic rings. The molecule has 0 spiro atoms. The third kappa shape index (κ3) is 4.05. The Morgan fingerprint density at radius 1 is 1.14 bits per heavy atom. The van der Waals surface area contributed by atoms with Crippen LogP contribution in [0.25, 0.3) is 5.65 Å². The largest absolute Gasteiger partial charge is 0.487 e. The highest BCUT2D eigenvalue weighted by Gasteiger charge is 2.10. The summed E-state index contributed by atoms with van der Waals surface area (Å²) in [6, 6.07) is 14.3. The van der Waals surface area contributed by atoms with Crippen LogP contribution in [0.5, 0.6) is 5.75 Å². The minimum absolute atomic E-state index is 0.147. The quantitative estimate of drug-likeness (QED) is 0.540. The molecule has 1 aromatic carbocycles. The lowest BCUT2D eigenvalue weighted by Gasteiger charge is -2.12. The highest BCUT2D eigenvalue weighted by Crippen LogP contribution is 2.24. The number of aryl methyl sites for hydroxylation is 2. The molecule has 0 radical (unpaired) electrons. The van der Waals surface area contributed by atoms with E-state index in [1.165, 1.54) is 21.8 Å². The van der Waals surface area contributed by atoms with Gasteiger partial charge in [0, 0.05) is 24.0 Å². The van der Waals surface area contributed by atoms with Crippen LogP contribution in [0.15, 0.2) is 64.9 Å². The average Bonchev–Trinajstić information content (AvgIpc) is 3.24. The number of hydrogen-bond donors (Lipinski definition) is 1. The van der Waals surface area contributed by atoms with Gasteiger partial charge in [0.15, 0.2) is 0 Å². The van der Waals surface area contributed by atoms with Gasteiger partial charge in [-0.1, -0.05) is 18.2 Å². The first-order chi connectivity index (χ1) is 14.0. The number of carbonyl (C=O) groups excluding carboxylic acids is 1. The van der Waals surface area contributed by atoms with Crippen LogP contribution in [0.1, 0.15) is 26.5 Å². The second kappa shape index (κ2) is 7.89. The molecule has 1 N–H and O–H groups in total. The monoisotopic (exact) mass is 405 g/mol. The molecular weight excluding hydrogens is 386 g/mol. The number of aromatic nitrogens is 2. The summed E-state index contributed by atoms with van der Waals surface area (Å²) in [7, 11) is 0. The van der Waals surface area contributed by atoms with Crippen molar-refractivity contribution in [2.24, 2.45) is 0 Å². The Morgan fingerprint density at radius 3 is 2.79 bits per heavy atom. The van der Waals surface area contributed by atoms with Crippen LogP contribution in [0.2, 0.25) is 0 Å². The van der Waals surface area contributed by atoms with Crippen molar-refractivity contribution in [3.8, 4) is 5.75 Å². The van der Waals surface area contributed by atoms with E-state index in [4.69, 9.17) is 4.74 Å². The van der Waals surface area contributed by atoms with Crippen LogP contribution in [-0.2, 0) is 6.61 Å². The predicted molar refractivity (Wildman–Crippen MR) is 114 cm³/mol. The lowest BCUT2D eigenvalue weighted by molar-refractivity contribution is 0.103. The number of rotatable bonds is 5. The van der Waals surface area contributed by atoms with Crippen molar-refractivity contribution in [2.45, 2.75) is 20.5 Å². The van der Waals surface area contributed by atoms with E-state index in [-0.39, 0.29) is 18.1 Å². The number of thiophene rings is 1. The van der Waals surface area contributed by atoms with E-state index in [1.54, 1.807) is 18.3 Å². The zero-order valence-electron chi connectivity index (χ0n) is 16.0. The van der Waals surface area contributed by atoms with Gasteiger partial charge in [-0.3, -0.25) is 14.0 Å². The topological polar surface area (TPSA) is 72.7 Å². The molecule has 4 rings (SSSR count). The van der Waals surface area contributed by atoms with E-state index in [0.29, 0.717) is 27.7 Å². The first-order valence-electron chi connectivity index (χ1n) is 9.07. The number of nitrogens with one attached hydrogen (secondary N) is 1. The van der Waals surface area contributed by atoms with Crippen LogP contribution >= 0.6 is 11.3 Å². The fourth-order valence-electron chi connectivity index (χ4n) is 2.97. The summed E-state index contributed by atoms with van der Waals surface area (Å²) >= 11 is 1.39. The van der Waals surface area contributed by atoms with Gasteiger partial charge in [-0.05, 0) is 48.6 Å². The molecule has 0 fully saturated rings. The summed E-state index contributed by atoms with van der Waals surface area (Å²) < 4.78 is 7.44. The number of hydrogen-bond acceptors (Lipinski definition) is 5. The number of nitrogens with zero attached hydrogens (tertiary/aromatic N) is 2. The molecule has 29 heavy (non-hydrogen) atoms. The molecule has 0 bridgehead atoms. The van der Waals surface area contributed by atoms with Crippen molar-refractivity contribution in [3.63, 3.8) is 0 Å². The van der Waals surface area contributed by atoms with Crippen molar-refractivity contribution in [1.29, 1.82) is 0 Å². The molecule has 146 valence electrons. The zero-order chi connectivity index (χ0) is 20.4. The third-order valence-electron chi connectivity index (χ3n) is 4.51. The Morgan fingerprint density at radius 2 is 2.00 bits per heavy atom. The fourth-order valence-corrected chi connectivity index (χ4v) is 3.59. The van der Waals surface area contributed by atoms with Gasteiger partial charge in [-0.2, -0.15) is 0 Å². The fraction of sp³-hybridized carbons (Fsp3) is 0.136. The van der Waals surface area contributed by atoms with Crippen molar-refractivity contribution >= 4 is 28.6 Å². The second-order valence-corrected chi connectivity index (χ2v) is 7.62. The lowest BCUT2D eigenvalue weighted by atomic mass is 10.2. The van der Waals surface area contributed by atoms with Crippen molar-refractivity contribution in [2.75, 3.05) is 5.32 Å². The van der Waals surface area contributed by atoms with E-state index >= 15 is 0 Å². The molecule has 0 saturated heterocycles. The molecule has 0 aliphatic carbocycles. The number of carbonyl (C=O) groups is 1. The van der Waals surface area contributed by atoms with Crippen molar-refractivity contribution < 1.29 is 9.53 Å². The maximum atomic E-state index is 12.3. The van der Waals surface area contributed by atoms with Crippen molar-refractivity contribution in [1.82, 2.24) is 9.38 Å². The van der Waals surface area contributed by atoms with E-state index in [1.807, 2.05) is 49.6 Å². The molecule has 1 amide bonds. The molecule has 0 saturated carbocycles. The molecule has 3 aromatic heterocycles. The van der Waals surface area contributed by atoms with Gasteiger partial charge in [0.25, 0.3) is 11.5 Å². The number of benzene rings is 1. The van der Waals surface area contributed by atoms with Gasteiger partial charge in [-0.15, -0.1) is 11.3 Å². The second-order valence-electron chi connectivity index (χ2n) is 6.67. The molecule has 7 heteroatoms. The van der Waals surface area contributed by atoms with Crippen LogP contribution in [0.4, 0.5) is 5.69 Å². The number of anilines is 1. The third-order valence-corrected chi connectivity index (χ3v) is 5.37. The predicted octanol–water partition coefficient (Wildman–Crippen LogP) is 4.20. The van der Waals surface area contributed by atoms with Crippen LogP contribution in [0.3, 0.4) is 0 Å². The summed E-state index contributed by atoms with van der Waals surface area (Å²) in [5, 5.41) is 4.73. The highest BCUT2D eigenvalue weighted by atomic mass is 32.1. The van der Waals surface area contributed by atoms with Crippen LogP contribution in [0, 0.1) is 13.8 Å². The standard InChI is InChI=1S/C22H19N3O3S/c1-14-7-8-16(24-22(27)19-6-4-10-29-19)11-18(14)28-13-17-12-20(26)25-9-3-5-15(2)21(25)23-17/h3-12H,13H2,1-2H3,(H,24,27). The Hall–Kier alpha value is -3.45. The Labute approximate surface area is 171 Å². The summed E-state index contributed by atoms with van der Waals surface area (Å²) in [6.07, 6.45) is 1.70. The summed E-state index contributed by atoms with van der Waals surface area (Å²) in [5.41, 5.74) is 3.51. The van der Waals surface area contributed by atoms with Gasteiger partial charge in [0.2, 0.25) is 0 Å². The normalized spacial score (nSPS) is 10.8. The van der Waals surface area contributed by atoms with Gasteiger partial charge >= 0.3 is 0 Å². The van der Waals surface area contributed by atoms with E-state index < -0.39 is 0 Å². The number of fused-ring (bicyclic) bond motifs is 1. The number of ether oxygens (including phenoxy) is 1.